The van der Waals surface area contributed by atoms with Crippen molar-refractivity contribution in [2.45, 2.75) is 13.8 Å². The van der Waals surface area contributed by atoms with Gasteiger partial charge in [0.1, 0.15) is 0 Å². The van der Waals surface area contributed by atoms with E-state index in [0.717, 1.165) is 11.2 Å². The van der Waals surface area contributed by atoms with E-state index < -0.39 is 0 Å². The zero-order valence-corrected chi connectivity index (χ0v) is 13.1. The summed E-state index contributed by atoms with van der Waals surface area (Å²) in [5.74, 6) is 0. The van der Waals surface area contributed by atoms with Crippen molar-refractivity contribution in [1.82, 2.24) is 14.8 Å². The highest BCUT2D eigenvalue weighted by atomic mass is 15.3. The summed E-state index contributed by atoms with van der Waals surface area (Å²) in [5.41, 5.74) is 4.64. The first-order valence-corrected chi connectivity index (χ1v) is 7.35. The maximum absolute atomic E-state index is 4.31. The van der Waals surface area contributed by atoms with Crippen LogP contribution >= 0.6 is 0 Å². The lowest BCUT2D eigenvalue weighted by Crippen LogP contribution is -1.88. The lowest BCUT2D eigenvalue weighted by atomic mass is 10.1. The molecule has 0 amide bonds. The van der Waals surface area contributed by atoms with E-state index in [0.29, 0.717) is 0 Å². The van der Waals surface area contributed by atoms with Gasteiger partial charge in [0.05, 0.1) is 16.7 Å². The first kappa shape index (κ1) is 14.3. The van der Waals surface area contributed by atoms with Crippen molar-refractivity contribution < 1.29 is 0 Å². The SMILES string of the molecule is Cc1cccc2cccnc12.Cc1nn(C)c2ccccc12. The number of rotatable bonds is 0. The Hall–Kier alpha value is -2.68. The molecule has 3 heteroatoms. The van der Waals surface area contributed by atoms with Crippen molar-refractivity contribution in [2.75, 3.05) is 0 Å². The fourth-order valence-corrected chi connectivity index (χ4v) is 2.65. The Morgan fingerprint density at radius 2 is 1.64 bits per heavy atom. The van der Waals surface area contributed by atoms with Gasteiger partial charge in [-0.15, -0.1) is 0 Å². The summed E-state index contributed by atoms with van der Waals surface area (Å²) in [4.78, 5) is 4.28. The molecule has 0 aliphatic heterocycles. The minimum Gasteiger partial charge on any atom is -0.268 e. The Morgan fingerprint density at radius 1 is 0.864 bits per heavy atom. The van der Waals surface area contributed by atoms with Crippen LogP contribution in [0, 0.1) is 13.8 Å². The molecule has 0 saturated carbocycles. The highest BCUT2D eigenvalue weighted by molar-refractivity contribution is 5.81. The summed E-state index contributed by atoms with van der Waals surface area (Å²) in [6, 6.07) is 18.5. The molecule has 110 valence electrons. The third-order valence-corrected chi connectivity index (χ3v) is 3.78. The number of nitrogens with zero attached hydrogens (tertiary/aromatic N) is 3. The van der Waals surface area contributed by atoms with E-state index in [9.17, 15) is 0 Å². The van der Waals surface area contributed by atoms with Crippen LogP contribution in [0.25, 0.3) is 21.8 Å². The van der Waals surface area contributed by atoms with E-state index in [1.165, 1.54) is 21.9 Å². The number of benzene rings is 2. The molecule has 0 radical (unpaired) electrons. The van der Waals surface area contributed by atoms with Gasteiger partial charge in [-0.1, -0.05) is 42.5 Å². The van der Waals surface area contributed by atoms with E-state index in [-0.39, 0.29) is 0 Å². The molecule has 0 N–H and O–H groups in total. The Balaban J connectivity index is 0.000000131. The molecular formula is C19H19N3. The van der Waals surface area contributed by atoms with Crippen molar-refractivity contribution in [3.8, 4) is 0 Å². The molecule has 2 aromatic heterocycles. The number of pyridine rings is 1. The lowest BCUT2D eigenvalue weighted by molar-refractivity contribution is 0.783. The lowest BCUT2D eigenvalue weighted by Gasteiger charge is -1.97. The summed E-state index contributed by atoms with van der Waals surface area (Å²) in [6.07, 6.45) is 1.83. The smallest absolute Gasteiger partial charge is 0.0731 e. The van der Waals surface area contributed by atoms with E-state index in [1.807, 2.05) is 43.0 Å². The highest BCUT2D eigenvalue weighted by Gasteiger charge is 2.00. The van der Waals surface area contributed by atoms with Crippen LogP contribution in [0.15, 0.2) is 60.8 Å². The second-order valence-corrected chi connectivity index (χ2v) is 5.38. The molecule has 4 aromatic rings. The average molecular weight is 289 g/mol. The fourth-order valence-electron chi connectivity index (χ4n) is 2.65. The first-order valence-electron chi connectivity index (χ1n) is 7.35. The van der Waals surface area contributed by atoms with Gasteiger partial charge in [0.25, 0.3) is 0 Å². The molecule has 2 aromatic carbocycles. The normalized spacial score (nSPS) is 10.5. The molecule has 0 fully saturated rings. The van der Waals surface area contributed by atoms with Gasteiger partial charge in [0, 0.05) is 24.0 Å². The first-order chi connectivity index (χ1) is 10.7. The molecule has 0 atom stereocenters. The number of fused-ring (bicyclic) bond motifs is 2. The predicted molar refractivity (Wildman–Crippen MR) is 91.9 cm³/mol. The van der Waals surface area contributed by atoms with E-state index in [1.54, 1.807) is 0 Å². The van der Waals surface area contributed by atoms with Crippen LogP contribution in [-0.2, 0) is 7.05 Å². The number of aromatic nitrogens is 3. The second kappa shape index (κ2) is 5.98. The van der Waals surface area contributed by atoms with Gasteiger partial charge in [-0.3, -0.25) is 9.67 Å². The van der Waals surface area contributed by atoms with Gasteiger partial charge in [0.15, 0.2) is 0 Å². The van der Waals surface area contributed by atoms with Crippen molar-refractivity contribution in [1.29, 1.82) is 0 Å². The van der Waals surface area contributed by atoms with Crippen molar-refractivity contribution in [2.24, 2.45) is 7.05 Å². The van der Waals surface area contributed by atoms with Crippen molar-refractivity contribution in [3.63, 3.8) is 0 Å². The summed E-state index contributed by atoms with van der Waals surface area (Å²) in [5, 5.41) is 6.77. The van der Waals surface area contributed by atoms with Crippen LogP contribution in [0.1, 0.15) is 11.3 Å². The fraction of sp³-hybridized carbons (Fsp3) is 0.158. The maximum Gasteiger partial charge on any atom is 0.0731 e. The highest BCUT2D eigenvalue weighted by Crippen LogP contribution is 2.15. The molecule has 0 saturated heterocycles. The summed E-state index contributed by atoms with van der Waals surface area (Å²) in [7, 11) is 1.97. The Kier molecular flexibility index (Phi) is 3.88. The minimum atomic E-state index is 1.10. The Labute approximate surface area is 130 Å². The molecule has 0 aliphatic carbocycles. The number of hydrogen-bond donors (Lipinski definition) is 0. The molecular weight excluding hydrogens is 270 g/mol. The predicted octanol–water partition coefficient (Wildman–Crippen LogP) is 4.42. The Morgan fingerprint density at radius 3 is 2.41 bits per heavy atom. The van der Waals surface area contributed by atoms with Crippen molar-refractivity contribution in [3.05, 3.63) is 72.1 Å². The molecule has 4 rings (SSSR count). The topological polar surface area (TPSA) is 30.7 Å². The number of aryl methyl sites for hydroxylation is 3. The van der Waals surface area contributed by atoms with Crippen LogP contribution in [0.5, 0.6) is 0 Å². The van der Waals surface area contributed by atoms with E-state index >= 15 is 0 Å². The number of para-hydroxylation sites is 2. The molecule has 0 spiro atoms. The van der Waals surface area contributed by atoms with Crippen molar-refractivity contribution >= 4 is 21.8 Å². The third-order valence-electron chi connectivity index (χ3n) is 3.78. The molecule has 0 aliphatic rings. The van der Waals surface area contributed by atoms with Gasteiger partial charge in [-0.25, -0.2) is 0 Å². The van der Waals surface area contributed by atoms with Crippen LogP contribution in [0.3, 0.4) is 0 Å². The number of hydrogen-bond acceptors (Lipinski definition) is 2. The molecule has 0 bridgehead atoms. The minimum absolute atomic E-state index is 1.10. The van der Waals surface area contributed by atoms with E-state index in [4.69, 9.17) is 0 Å². The van der Waals surface area contributed by atoms with Crippen LogP contribution in [-0.4, -0.2) is 14.8 Å². The zero-order valence-electron chi connectivity index (χ0n) is 13.1. The molecule has 2 heterocycles. The van der Waals surface area contributed by atoms with Gasteiger partial charge >= 0.3 is 0 Å². The standard InChI is InChI=1S/C10H9N.C9H10N2/c1-8-4-2-5-9-6-3-7-11-10(8)9;1-7-8-5-3-4-6-9(8)11(2)10-7/h2-7H,1H3;3-6H,1-2H3. The molecule has 0 unspecified atom stereocenters. The van der Waals surface area contributed by atoms with Crippen LogP contribution in [0.4, 0.5) is 0 Å². The monoisotopic (exact) mass is 289 g/mol. The van der Waals surface area contributed by atoms with Gasteiger partial charge < -0.3 is 0 Å². The summed E-state index contributed by atoms with van der Waals surface area (Å²) >= 11 is 0. The molecule has 22 heavy (non-hydrogen) atoms. The van der Waals surface area contributed by atoms with Crippen LogP contribution in [0.2, 0.25) is 0 Å². The maximum atomic E-state index is 4.31. The van der Waals surface area contributed by atoms with Gasteiger partial charge in [0.2, 0.25) is 0 Å². The quantitative estimate of drug-likeness (QED) is 0.479. The van der Waals surface area contributed by atoms with Crippen LogP contribution < -0.4 is 0 Å². The molecule has 3 nitrogen and oxygen atoms in total. The summed E-state index contributed by atoms with van der Waals surface area (Å²) < 4.78 is 1.91. The Bertz CT molecular complexity index is 881. The largest absolute Gasteiger partial charge is 0.268 e. The van der Waals surface area contributed by atoms with E-state index in [2.05, 4.69) is 53.4 Å². The summed E-state index contributed by atoms with van der Waals surface area (Å²) in [6.45, 7) is 4.11. The van der Waals surface area contributed by atoms with Gasteiger partial charge in [-0.2, -0.15) is 5.10 Å². The second-order valence-electron chi connectivity index (χ2n) is 5.38. The zero-order chi connectivity index (χ0) is 15.5. The van der Waals surface area contributed by atoms with Gasteiger partial charge in [-0.05, 0) is 31.5 Å². The average Bonchev–Trinajstić information content (AvgIpc) is 2.84. The third kappa shape index (κ3) is 2.70.